The average molecular weight is 474 g/mol. The number of morpholine rings is 1. The maximum Gasteiger partial charge on any atom is 0.239 e. The fourth-order valence-corrected chi connectivity index (χ4v) is 5.88. The van der Waals surface area contributed by atoms with Gasteiger partial charge in [0.2, 0.25) is 5.95 Å². The number of likely N-dealkylation sites (tertiary alicyclic amines) is 1. The maximum absolute atomic E-state index is 5.64. The van der Waals surface area contributed by atoms with Gasteiger partial charge in [-0.15, -0.1) is 0 Å². The van der Waals surface area contributed by atoms with Crippen LogP contribution in [-0.4, -0.2) is 85.4 Å². The maximum atomic E-state index is 5.64. The molecule has 10 heteroatoms. The molecule has 2 bridgehead atoms. The third kappa shape index (κ3) is 3.42. The van der Waals surface area contributed by atoms with E-state index in [4.69, 9.17) is 24.7 Å². The fraction of sp³-hybridized carbons (Fsp3) is 0.520. The number of aromatic nitrogens is 6. The summed E-state index contributed by atoms with van der Waals surface area (Å²) in [7, 11) is 2.09. The Kier molecular flexibility index (Phi) is 5.00. The van der Waals surface area contributed by atoms with Crippen LogP contribution in [0, 0.1) is 0 Å². The van der Waals surface area contributed by atoms with Crippen LogP contribution in [0.2, 0.25) is 0 Å². The molecule has 35 heavy (non-hydrogen) atoms. The number of hydrogen-bond acceptors (Lipinski definition) is 8. The van der Waals surface area contributed by atoms with Gasteiger partial charge in [0.1, 0.15) is 11.6 Å². The molecular weight excluding hydrogens is 442 g/mol. The van der Waals surface area contributed by atoms with Gasteiger partial charge in [-0.05, 0) is 18.6 Å². The van der Waals surface area contributed by atoms with Crippen molar-refractivity contribution in [3.05, 3.63) is 35.9 Å². The highest BCUT2D eigenvalue weighted by molar-refractivity contribution is 5.86. The van der Waals surface area contributed by atoms with Crippen LogP contribution in [-0.2, 0) is 24.8 Å². The number of para-hydroxylation sites is 2. The van der Waals surface area contributed by atoms with Crippen LogP contribution in [0.4, 0.5) is 5.82 Å². The molecule has 182 valence electrons. The van der Waals surface area contributed by atoms with Crippen LogP contribution < -0.4 is 10.2 Å². The summed E-state index contributed by atoms with van der Waals surface area (Å²) in [4.78, 5) is 25.1. The molecule has 0 saturated carbocycles. The van der Waals surface area contributed by atoms with Gasteiger partial charge in [0.05, 0.1) is 30.8 Å². The van der Waals surface area contributed by atoms with Gasteiger partial charge in [-0.25, -0.2) is 9.97 Å². The quantitative estimate of drug-likeness (QED) is 0.468. The number of benzene rings is 1. The number of ether oxygens (including phenoxy) is 1. The molecular formula is C25H31N9O. The summed E-state index contributed by atoms with van der Waals surface area (Å²) in [6.07, 6.45) is 2.03. The van der Waals surface area contributed by atoms with E-state index in [0.29, 0.717) is 31.2 Å². The van der Waals surface area contributed by atoms with Gasteiger partial charge in [-0.2, -0.15) is 9.97 Å². The highest BCUT2D eigenvalue weighted by Gasteiger charge is 2.38. The Labute approximate surface area is 203 Å². The Hall–Kier alpha value is -3.08. The largest absolute Gasteiger partial charge is 0.378 e. The van der Waals surface area contributed by atoms with E-state index in [1.807, 2.05) is 18.2 Å². The van der Waals surface area contributed by atoms with Gasteiger partial charge >= 0.3 is 0 Å². The Morgan fingerprint density at radius 2 is 1.91 bits per heavy atom. The Morgan fingerprint density at radius 1 is 1.06 bits per heavy atom. The van der Waals surface area contributed by atoms with Gasteiger partial charge < -0.3 is 19.5 Å². The Bertz CT molecular complexity index is 1400. The van der Waals surface area contributed by atoms with Gasteiger partial charge in [-0.3, -0.25) is 9.47 Å². The van der Waals surface area contributed by atoms with Crippen molar-refractivity contribution in [1.82, 2.24) is 39.3 Å². The number of nitrogens with one attached hydrogen (secondary N) is 1. The molecule has 0 radical (unpaired) electrons. The fourth-order valence-electron chi connectivity index (χ4n) is 5.88. The minimum absolute atomic E-state index is 0.601. The minimum Gasteiger partial charge on any atom is -0.378 e. The normalized spacial score (nSPS) is 22.7. The van der Waals surface area contributed by atoms with Gasteiger partial charge in [0.15, 0.2) is 17.0 Å². The zero-order valence-corrected chi connectivity index (χ0v) is 20.3. The molecule has 3 aliphatic rings. The summed E-state index contributed by atoms with van der Waals surface area (Å²) in [5.74, 6) is 3.55. The van der Waals surface area contributed by atoms with Crippen molar-refractivity contribution >= 4 is 28.0 Å². The van der Waals surface area contributed by atoms with E-state index in [2.05, 4.69) is 44.3 Å². The van der Waals surface area contributed by atoms with Crippen LogP contribution >= 0.6 is 0 Å². The van der Waals surface area contributed by atoms with Crippen molar-refractivity contribution in [2.45, 2.75) is 38.4 Å². The lowest BCUT2D eigenvalue weighted by Gasteiger charge is -2.28. The minimum atomic E-state index is 0.601. The van der Waals surface area contributed by atoms with E-state index in [1.54, 1.807) is 0 Å². The van der Waals surface area contributed by atoms with E-state index >= 15 is 0 Å². The van der Waals surface area contributed by atoms with Crippen molar-refractivity contribution in [3.8, 4) is 5.95 Å². The first-order valence-corrected chi connectivity index (χ1v) is 12.7. The van der Waals surface area contributed by atoms with Crippen molar-refractivity contribution < 1.29 is 4.74 Å². The van der Waals surface area contributed by atoms with E-state index in [-0.39, 0.29) is 0 Å². The van der Waals surface area contributed by atoms with Crippen LogP contribution in [0.5, 0.6) is 0 Å². The number of anilines is 1. The molecule has 0 spiro atoms. The first kappa shape index (κ1) is 21.2. The highest BCUT2D eigenvalue weighted by atomic mass is 16.5. The van der Waals surface area contributed by atoms with E-state index < -0.39 is 0 Å². The van der Waals surface area contributed by atoms with Crippen molar-refractivity contribution in [2.24, 2.45) is 7.05 Å². The number of imidazole rings is 2. The van der Waals surface area contributed by atoms with Gasteiger partial charge in [0, 0.05) is 51.7 Å². The standard InChI is InChI=1S/C25H31N9O/c1-3-20-27-18-6-4-5-7-19(18)34(20)25-29-23-22(24(30-25)32-8-10-35-11-9-32)28-21(31(23)2)15-33-14-16-12-17(33)13-26-16/h4-7,16-17,26H,3,8-15H2,1-2H3/t16-,17?/m0/s1. The van der Waals surface area contributed by atoms with Crippen LogP contribution in [0.3, 0.4) is 0 Å². The second-order valence-electron chi connectivity index (χ2n) is 9.84. The second-order valence-corrected chi connectivity index (χ2v) is 9.84. The van der Waals surface area contributed by atoms with Crippen molar-refractivity contribution in [2.75, 3.05) is 44.3 Å². The first-order chi connectivity index (χ1) is 17.2. The molecule has 1 N–H and O–H groups in total. The summed E-state index contributed by atoms with van der Waals surface area (Å²) in [6.45, 7) is 8.10. The SMILES string of the molecule is CCc1nc2ccccc2n1-c1nc(N2CCOCC2)c2nc(CN3C[C@@H]4CC3CN4)n(C)c2n1. The summed E-state index contributed by atoms with van der Waals surface area (Å²) in [5, 5.41) is 3.60. The van der Waals surface area contributed by atoms with E-state index in [9.17, 15) is 0 Å². The molecule has 0 aliphatic carbocycles. The van der Waals surface area contributed by atoms with Gasteiger partial charge in [-0.1, -0.05) is 19.1 Å². The third-order valence-corrected chi connectivity index (χ3v) is 7.75. The Morgan fingerprint density at radius 3 is 2.69 bits per heavy atom. The molecule has 3 fully saturated rings. The third-order valence-electron chi connectivity index (χ3n) is 7.75. The lowest BCUT2D eigenvalue weighted by atomic mass is 10.2. The number of piperazine rings is 1. The highest BCUT2D eigenvalue weighted by Crippen LogP contribution is 2.30. The molecule has 7 rings (SSSR count). The van der Waals surface area contributed by atoms with E-state index in [1.165, 1.54) is 6.42 Å². The zero-order valence-electron chi connectivity index (χ0n) is 20.3. The molecule has 3 aliphatic heterocycles. The lowest BCUT2D eigenvalue weighted by molar-refractivity contribution is 0.122. The topological polar surface area (TPSA) is 89.2 Å². The predicted molar refractivity (Wildman–Crippen MR) is 134 cm³/mol. The van der Waals surface area contributed by atoms with E-state index in [0.717, 1.165) is 78.8 Å². The van der Waals surface area contributed by atoms with Crippen molar-refractivity contribution in [3.63, 3.8) is 0 Å². The Balaban J connectivity index is 1.39. The number of hydrogen-bond donors (Lipinski definition) is 1. The zero-order chi connectivity index (χ0) is 23.5. The summed E-state index contributed by atoms with van der Waals surface area (Å²) in [5.41, 5.74) is 3.73. The molecule has 2 atom stereocenters. The molecule has 10 nitrogen and oxygen atoms in total. The molecule has 1 aromatic carbocycles. The molecule has 1 unspecified atom stereocenters. The number of aryl methyl sites for hydroxylation is 2. The van der Waals surface area contributed by atoms with Crippen LogP contribution in [0.1, 0.15) is 25.0 Å². The summed E-state index contributed by atoms with van der Waals surface area (Å²) >= 11 is 0. The average Bonchev–Trinajstić information content (AvgIpc) is 3.67. The predicted octanol–water partition coefficient (Wildman–Crippen LogP) is 1.65. The molecule has 3 saturated heterocycles. The molecule has 6 heterocycles. The smallest absolute Gasteiger partial charge is 0.239 e. The monoisotopic (exact) mass is 473 g/mol. The summed E-state index contributed by atoms with van der Waals surface area (Å²) in [6, 6.07) is 9.43. The first-order valence-electron chi connectivity index (χ1n) is 12.7. The number of rotatable bonds is 5. The van der Waals surface area contributed by atoms with Gasteiger partial charge in [0.25, 0.3) is 0 Å². The van der Waals surface area contributed by atoms with Crippen molar-refractivity contribution in [1.29, 1.82) is 0 Å². The number of fused-ring (bicyclic) bond motifs is 4. The van der Waals surface area contributed by atoms with Crippen LogP contribution in [0.25, 0.3) is 28.1 Å². The van der Waals surface area contributed by atoms with Crippen LogP contribution in [0.15, 0.2) is 24.3 Å². The number of nitrogens with zero attached hydrogens (tertiary/aromatic N) is 8. The summed E-state index contributed by atoms with van der Waals surface area (Å²) < 4.78 is 9.91. The molecule has 4 aromatic rings. The lowest BCUT2D eigenvalue weighted by Crippen LogP contribution is -2.43. The second kappa shape index (κ2) is 8.25. The molecule has 3 aromatic heterocycles. The molecule has 0 amide bonds.